The van der Waals surface area contributed by atoms with E-state index in [0.29, 0.717) is 0 Å². The molecule has 2 N–H and O–H groups in total. The van der Waals surface area contributed by atoms with Crippen LogP contribution in [0.15, 0.2) is 35.9 Å². The van der Waals surface area contributed by atoms with Gasteiger partial charge >= 0.3 is 0 Å². The Labute approximate surface area is 77.8 Å². The Balaban J connectivity index is 2.97. The van der Waals surface area contributed by atoms with Gasteiger partial charge in [-0.25, -0.2) is 0 Å². The lowest BCUT2D eigenvalue weighted by Gasteiger charge is -2.09. The van der Waals surface area contributed by atoms with Crippen molar-refractivity contribution in [2.45, 2.75) is 13.0 Å². The molecule has 0 aromatic heterocycles. The molecule has 64 valence electrons. The van der Waals surface area contributed by atoms with E-state index in [1.54, 1.807) is 5.54 Å². The summed E-state index contributed by atoms with van der Waals surface area (Å²) in [6.45, 7) is 1.92. The van der Waals surface area contributed by atoms with Crippen molar-refractivity contribution in [2.75, 3.05) is 0 Å². The van der Waals surface area contributed by atoms with Crippen LogP contribution in [0.4, 0.5) is 0 Å². The monoisotopic (exact) mass is 181 g/mol. The Hall–Kier alpha value is -0.790. The molecule has 0 heterocycles. The smallest absolute Gasteiger partial charge is 0.0280 e. The van der Waals surface area contributed by atoms with Crippen LogP contribution in [0.25, 0.3) is 5.57 Å². The lowest BCUT2D eigenvalue weighted by Crippen LogP contribution is -2.16. The second-order valence-corrected chi connectivity index (χ2v) is 2.94. The van der Waals surface area contributed by atoms with Crippen molar-refractivity contribution in [1.82, 2.24) is 0 Å². The molecule has 0 saturated carbocycles. The van der Waals surface area contributed by atoms with Crippen molar-refractivity contribution in [3.63, 3.8) is 0 Å². The Morgan fingerprint density at radius 2 is 2.00 bits per heavy atom. The molecule has 0 aliphatic heterocycles. The molecule has 0 saturated heterocycles. The molecule has 1 nitrogen and oxygen atoms in total. The van der Waals surface area contributed by atoms with Crippen molar-refractivity contribution in [3.8, 4) is 0 Å². The molecule has 1 rings (SSSR count). The van der Waals surface area contributed by atoms with Crippen LogP contribution in [-0.4, -0.2) is 6.04 Å². The number of benzene rings is 1. The van der Waals surface area contributed by atoms with Crippen LogP contribution < -0.4 is 5.73 Å². The maximum atomic E-state index is 5.73. The summed E-state index contributed by atoms with van der Waals surface area (Å²) in [4.78, 5) is 0. The molecular weight excluding hydrogens is 170 g/mol. The number of nitrogens with two attached hydrogens (primary N) is 1. The minimum Gasteiger partial charge on any atom is -0.324 e. The van der Waals surface area contributed by atoms with E-state index < -0.39 is 0 Å². The quantitative estimate of drug-likeness (QED) is 0.746. The molecular formula is C10H12ClN. The van der Waals surface area contributed by atoms with Crippen LogP contribution in [0.1, 0.15) is 12.5 Å². The van der Waals surface area contributed by atoms with Gasteiger partial charge in [0.2, 0.25) is 0 Å². The van der Waals surface area contributed by atoms with Gasteiger partial charge in [-0.2, -0.15) is 0 Å². The highest BCUT2D eigenvalue weighted by atomic mass is 35.5. The van der Waals surface area contributed by atoms with Gasteiger partial charge in [-0.3, -0.25) is 0 Å². The highest BCUT2D eigenvalue weighted by Gasteiger charge is 2.04. The zero-order valence-corrected chi connectivity index (χ0v) is 7.75. The lowest BCUT2D eigenvalue weighted by molar-refractivity contribution is 0.948. The fourth-order valence-electron chi connectivity index (χ4n) is 1.06. The second-order valence-electron chi connectivity index (χ2n) is 2.72. The van der Waals surface area contributed by atoms with Crippen LogP contribution in [0.2, 0.25) is 0 Å². The molecule has 1 aromatic carbocycles. The zero-order valence-electron chi connectivity index (χ0n) is 7.00. The fourth-order valence-corrected chi connectivity index (χ4v) is 1.38. The third-order valence-corrected chi connectivity index (χ3v) is 1.95. The molecule has 0 fully saturated rings. The summed E-state index contributed by atoms with van der Waals surface area (Å²) in [5.74, 6) is 0. The number of rotatable bonds is 2. The van der Waals surface area contributed by atoms with Gasteiger partial charge in [-0.1, -0.05) is 41.9 Å². The molecule has 0 aliphatic rings. The van der Waals surface area contributed by atoms with Crippen LogP contribution in [-0.2, 0) is 0 Å². The van der Waals surface area contributed by atoms with Gasteiger partial charge in [-0.15, -0.1) is 0 Å². The predicted octanol–water partition coefficient (Wildman–Crippen LogP) is 2.61. The van der Waals surface area contributed by atoms with E-state index >= 15 is 0 Å². The summed E-state index contributed by atoms with van der Waals surface area (Å²) < 4.78 is 0. The largest absolute Gasteiger partial charge is 0.324 e. The van der Waals surface area contributed by atoms with E-state index in [9.17, 15) is 0 Å². The summed E-state index contributed by atoms with van der Waals surface area (Å²) in [6.07, 6.45) is 0. The molecule has 2 heteroatoms. The SMILES string of the molecule is CC(N)C(=CCl)c1ccccc1. The average Bonchev–Trinajstić information content (AvgIpc) is 2.07. The minimum atomic E-state index is -0.0232. The standard InChI is InChI=1S/C10H12ClN/c1-8(12)10(7-11)9-5-3-2-4-6-9/h2-8H,12H2,1H3. The molecule has 1 unspecified atom stereocenters. The number of hydrogen-bond acceptors (Lipinski definition) is 1. The predicted molar refractivity (Wildman–Crippen MR) is 53.9 cm³/mol. The first-order valence-electron chi connectivity index (χ1n) is 3.87. The van der Waals surface area contributed by atoms with E-state index in [-0.39, 0.29) is 6.04 Å². The second kappa shape index (κ2) is 4.29. The molecule has 0 radical (unpaired) electrons. The third-order valence-electron chi connectivity index (χ3n) is 1.72. The van der Waals surface area contributed by atoms with Gasteiger partial charge in [0.1, 0.15) is 0 Å². The van der Waals surface area contributed by atoms with Crippen LogP contribution in [0.5, 0.6) is 0 Å². The Morgan fingerprint density at radius 3 is 2.42 bits per heavy atom. The van der Waals surface area contributed by atoms with Gasteiger partial charge < -0.3 is 5.73 Å². The van der Waals surface area contributed by atoms with Gasteiger partial charge in [0.25, 0.3) is 0 Å². The van der Waals surface area contributed by atoms with Crippen LogP contribution >= 0.6 is 11.6 Å². The van der Waals surface area contributed by atoms with Gasteiger partial charge in [0.05, 0.1) is 0 Å². The third kappa shape index (κ3) is 2.10. The van der Waals surface area contributed by atoms with Crippen molar-refractivity contribution >= 4 is 17.2 Å². The van der Waals surface area contributed by atoms with Crippen LogP contribution in [0, 0.1) is 0 Å². The number of hydrogen-bond donors (Lipinski definition) is 1. The first-order valence-corrected chi connectivity index (χ1v) is 4.30. The van der Waals surface area contributed by atoms with Crippen LogP contribution in [0.3, 0.4) is 0 Å². The lowest BCUT2D eigenvalue weighted by atomic mass is 10.0. The molecule has 0 spiro atoms. The van der Waals surface area contributed by atoms with Gasteiger partial charge in [0.15, 0.2) is 0 Å². The van der Waals surface area contributed by atoms with Crippen molar-refractivity contribution in [1.29, 1.82) is 0 Å². The molecule has 1 atom stereocenters. The summed E-state index contributed by atoms with van der Waals surface area (Å²) in [5, 5.41) is 0. The highest BCUT2D eigenvalue weighted by molar-refractivity contribution is 6.28. The summed E-state index contributed by atoms with van der Waals surface area (Å²) in [5.41, 5.74) is 9.32. The number of halogens is 1. The average molecular weight is 182 g/mol. The fraction of sp³-hybridized carbons (Fsp3) is 0.200. The first kappa shape index (κ1) is 9.30. The first-order chi connectivity index (χ1) is 5.75. The maximum absolute atomic E-state index is 5.73. The Kier molecular flexibility index (Phi) is 3.32. The normalized spacial score (nSPS) is 14.4. The van der Waals surface area contributed by atoms with Gasteiger partial charge in [-0.05, 0) is 18.1 Å². The molecule has 12 heavy (non-hydrogen) atoms. The molecule has 0 amide bonds. The Bertz CT molecular complexity index is 264. The molecule has 0 bridgehead atoms. The van der Waals surface area contributed by atoms with Crippen molar-refractivity contribution in [3.05, 3.63) is 41.4 Å². The molecule has 1 aromatic rings. The van der Waals surface area contributed by atoms with E-state index in [4.69, 9.17) is 17.3 Å². The minimum absolute atomic E-state index is 0.0232. The summed E-state index contributed by atoms with van der Waals surface area (Å²) >= 11 is 5.66. The van der Waals surface area contributed by atoms with E-state index in [1.165, 1.54) is 0 Å². The van der Waals surface area contributed by atoms with Gasteiger partial charge in [0, 0.05) is 11.6 Å². The van der Waals surface area contributed by atoms with Crippen molar-refractivity contribution < 1.29 is 0 Å². The summed E-state index contributed by atoms with van der Waals surface area (Å²) in [6, 6.07) is 9.88. The Morgan fingerprint density at radius 1 is 1.42 bits per heavy atom. The van der Waals surface area contributed by atoms with E-state index in [1.807, 2.05) is 37.3 Å². The topological polar surface area (TPSA) is 26.0 Å². The molecule has 0 aliphatic carbocycles. The van der Waals surface area contributed by atoms with Crippen molar-refractivity contribution in [2.24, 2.45) is 5.73 Å². The highest BCUT2D eigenvalue weighted by Crippen LogP contribution is 2.17. The summed E-state index contributed by atoms with van der Waals surface area (Å²) in [7, 11) is 0. The van der Waals surface area contributed by atoms with E-state index in [2.05, 4.69) is 0 Å². The zero-order chi connectivity index (χ0) is 8.97. The van der Waals surface area contributed by atoms with E-state index in [0.717, 1.165) is 11.1 Å². The maximum Gasteiger partial charge on any atom is 0.0280 e.